The molecule has 1 rings (SSSR count). The van der Waals surface area contributed by atoms with E-state index < -0.39 is 11.1 Å². The Morgan fingerprint density at radius 1 is 1.10 bits per heavy atom. The van der Waals surface area contributed by atoms with Gasteiger partial charge in [0.1, 0.15) is 0 Å². The predicted molar refractivity (Wildman–Crippen MR) is 82.8 cm³/mol. The fourth-order valence-electron chi connectivity index (χ4n) is 2.82. The van der Waals surface area contributed by atoms with Gasteiger partial charge in [-0.2, -0.15) is 0 Å². The minimum Gasteiger partial charge on any atom is -0.376 e. The molecule has 20 heavy (non-hydrogen) atoms. The van der Waals surface area contributed by atoms with E-state index in [1.54, 1.807) is 7.11 Å². The lowest BCUT2D eigenvalue weighted by Crippen LogP contribution is -2.75. The number of hydrogen-bond acceptors (Lipinski definition) is 3. The van der Waals surface area contributed by atoms with Crippen LogP contribution in [0.2, 0.25) is 0 Å². The zero-order chi connectivity index (χ0) is 16.1. The molecule has 4 heteroatoms. The third-order valence-electron chi connectivity index (χ3n) is 5.72. The Kier molecular flexibility index (Phi) is 4.10. The Bertz CT molecular complexity index is 397. The summed E-state index contributed by atoms with van der Waals surface area (Å²) >= 11 is 0. The van der Waals surface area contributed by atoms with Gasteiger partial charge in [0.05, 0.1) is 16.7 Å². The maximum atomic E-state index is 13.0. The van der Waals surface area contributed by atoms with Crippen LogP contribution in [0.25, 0.3) is 0 Å². The third kappa shape index (κ3) is 2.37. The Morgan fingerprint density at radius 2 is 1.55 bits per heavy atom. The molecule has 0 aromatic rings. The first-order valence-corrected chi connectivity index (χ1v) is 7.33. The Morgan fingerprint density at radius 3 is 1.95 bits per heavy atom. The van der Waals surface area contributed by atoms with Gasteiger partial charge in [0.2, 0.25) is 5.91 Å². The number of piperazine rings is 1. The smallest absolute Gasteiger partial charge is 0.243 e. The van der Waals surface area contributed by atoms with Gasteiger partial charge in [0.15, 0.2) is 0 Å². The van der Waals surface area contributed by atoms with Gasteiger partial charge in [-0.15, -0.1) is 0 Å². The lowest BCUT2D eigenvalue weighted by Gasteiger charge is -2.60. The number of carbonyl (C=O) groups is 1. The monoisotopic (exact) mass is 284 g/mol. The van der Waals surface area contributed by atoms with E-state index in [1.165, 1.54) is 0 Å². The van der Waals surface area contributed by atoms with E-state index in [4.69, 9.17) is 4.74 Å². The summed E-state index contributed by atoms with van der Waals surface area (Å²) in [7, 11) is 3.74. The van der Waals surface area contributed by atoms with Gasteiger partial charge in [-0.25, -0.2) is 0 Å². The highest BCUT2D eigenvalue weighted by molar-refractivity contribution is 5.87. The first-order valence-electron chi connectivity index (χ1n) is 7.33. The summed E-state index contributed by atoms with van der Waals surface area (Å²) in [4.78, 5) is 17.2. The summed E-state index contributed by atoms with van der Waals surface area (Å²) in [6.07, 6.45) is 0. The number of nitrogens with zero attached hydrogens (tertiary/aromatic N) is 2. The first-order chi connectivity index (χ1) is 8.72. The number of carbonyl (C=O) groups excluding carboxylic acids is 1. The van der Waals surface area contributed by atoms with Gasteiger partial charge in [0, 0.05) is 19.2 Å². The van der Waals surface area contributed by atoms with Crippen molar-refractivity contribution in [3.63, 3.8) is 0 Å². The van der Waals surface area contributed by atoms with Crippen LogP contribution in [0, 0.1) is 0 Å². The SMILES string of the molecule is COC(C)(C)C(C)(C)N1CC(C)(C)N(C)C(C)(C)C1=O. The number of likely N-dealkylation sites (N-methyl/N-ethyl adjacent to an activating group) is 1. The molecular weight excluding hydrogens is 252 g/mol. The largest absolute Gasteiger partial charge is 0.376 e. The molecule has 0 bridgehead atoms. The quantitative estimate of drug-likeness (QED) is 0.798. The molecule has 1 fully saturated rings. The molecule has 0 unspecified atom stereocenters. The van der Waals surface area contributed by atoms with Gasteiger partial charge in [-0.3, -0.25) is 9.69 Å². The van der Waals surface area contributed by atoms with Gasteiger partial charge >= 0.3 is 0 Å². The van der Waals surface area contributed by atoms with Gasteiger partial charge in [0.25, 0.3) is 0 Å². The lowest BCUT2D eigenvalue weighted by atomic mass is 9.78. The topological polar surface area (TPSA) is 32.8 Å². The summed E-state index contributed by atoms with van der Waals surface area (Å²) in [5, 5.41) is 0. The molecule has 1 aliphatic heterocycles. The second-order valence-corrected chi connectivity index (χ2v) is 8.10. The van der Waals surface area contributed by atoms with Crippen molar-refractivity contribution >= 4 is 5.91 Å². The minimum absolute atomic E-state index is 0.0709. The van der Waals surface area contributed by atoms with Crippen LogP contribution in [-0.4, -0.2) is 58.6 Å². The molecule has 1 aliphatic rings. The molecule has 0 spiro atoms. The van der Waals surface area contributed by atoms with E-state index in [9.17, 15) is 4.79 Å². The van der Waals surface area contributed by atoms with E-state index in [0.717, 1.165) is 0 Å². The van der Waals surface area contributed by atoms with E-state index in [-0.39, 0.29) is 17.0 Å². The van der Waals surface area contributed by atoms with Crippen molar-refractivity contribution in [1.82, 2.24) is 9.80 Å². The summed E-state index contributed by atoms with van der Waals surface area (Å²) in [5.74, 6) is 0.162. The summed E-state index contributed by atoms with van der Waals surface area (Å²) < 4.78 is 5.66. The highest BCUT2D eigenvalue weighted by Crippen LogP contribution is 2.39. The Hall–Kier alpha value is -0.610. The number of ether oxygens (including phenoxy) is 1. The van der Waals surface area contributed by atoms with Gasteiger partial charge < -0.3 is 9.64 Å². The van der Waals surface area contributed by atoms with Crippen LogP contribution in [0.5, 0.6) is 0 Å². The number of methoxy groups -OCH3 is 1. The van der Waals surface area contributed by atoms with Crippen molar-refractivity contribution in [2.75, 3.05) is 20.7 Å². The second-order valence-electron chi connectivity index (χ2n) is 8.10. The zero-order valence-electron chi connectivity index (χ0n) is 14.9. The Labute approximate surface area is 124 Å². The maximum Gasteiger partial charge on any atom is 0.243 e. The summed E-state index contributed by atoms with van der Waals surface area (Å²) in [6.45, 7) is 17.3. The van der Waals surface area contributed by atoms with Crippen LogP contribution in [0.3, 0.4) is 0 Å². The average Bonchev–Trinajstić information content (AvgIpc) is 2.32. The highest BCUT2D eigenvalue weighted by Gasteiger charge is 2.55. The van der Waals surface area contributed by atoms with Crippen molar-refractivity contribution in [1.29, 1.82) is 0 Å². The molecule has 0 radical (unpaired) electrons. The van der Waals surface area contributed by atoms with Crippen molar-refractivity contribution in [3.8, 4) is 0 Å². The van der Waals surface area contributed by atoms with Crippen molar-refractivity contribution in [2.24, 2.45) is 0 Å². The minimum atomic E-state index is -0.511. The molecule has 118 valence electrons. The highest BCUT2D eigenvalue weighted by atomic mass is 16.5. The molecule has 1 amide bonds. The van der Waals surface area contributed by atoms with E-state index in [2.05, 4.69) is 32.6 Å². The lowest BCUT2D eigenvalue weighted by molar-refractivity contribution is -0.181. The van der Waals surface area contributed by atoms with Gasteiger partial charge in [-0.05, 0) is 62.4 Å². The zero-order valence-corrected chi connectivity index (χ0v) is 14.9. The summed E-state index contributed by atoms with van der Waals surface area (Å²) in [6, 6.07) is 0. The van der Waals surface area contributed by atoms with E-state index >= 15 is 0 Å². The van der Waals surface area contributed by atoms with Crippen molar-refractivity contribution < 1.29 is 9.53 Å². The van der Waals surface area contributed by atoms with E-state index in [1.807, 2.05) is 39.6 Å². The first kappa shape index (κ1) is 17.4. The normalized spacial score (nSPS) is 24.1. The third-order valence-corrected chi connectivity index (χ3v) is 5.72. The van der Waals surface area contributed by atoms with Crippen molar-refractivity contribution in [3.05, 3.63) is 0 Å². The molecule has 0 saturated carbocycles. The van der Waals surface area contributed by atoms with Crippen LogP contribution in [0.1, 0.15) is 55.4 Å². The molecule has 0 aliphatic carbocycles. The van der Waals surface area contributed by atoms with Crippen LogP contribution >= 0.6 is 0 Å². The molecule has 0 atom stereocenters. The molecular formula is C16H32N2O2. The standard InChI is InChI=1S/C16H32N2O2/c1-13(2)11-18(12(19)14(3,4)17(13)9)15(5,6)16(7,8)20-10/h11H2,1-10H3. The molecule has 0 aromatic carbocycles. The van der Waals surface area contributed by atoms with Crippen molar-refractivity contribution in [2.45, 2.75) is 77.6 Å². The van der Waals surface area contributed by atoms with Crippen LogP contribution in [-0.2, 0) is 9.53 Å². The van der Waals surface area contributed by atoms with E-state index in [0.29, 0.717) is 6.54 Å². The number of rotatable bonds is 3. The molecule has 1 saturated heterocycles. The maximum absolute atomic E-state index is 13.0. The number of amides is 1. The molecule has 1 heterocycles. The van der Waals surface area contributed by atoms with Gasteiger partial charge in [-0.1, -0.05) is 0 Å². The summed E-state index contributed by atoms with van der Waals surface area (Å²) in [5.41, 5.74) is -1.37. The van der Waals surface area contributed by atoms with Crippen LogP contribution < -0.4 is 0 Å². The second kappa shape index (κ2) is 4.70. The molecule has 0 N–H and O–H groups in total. The molecule has 0 aromatic heterocycles. The number of hydrogen-bond donors (Lipinski definition) is 0. The van der Waals surface area contributed by atoms with Crippen LogP contribution in [0.15, 0.2) is 0 Å². The fraction of sp³-hybridized carbons (Fsp3) is 0.938. The fourth-order valence-corrected chi connectivity index (χ4v) is 2.82. The van der Waals surface area contributed by atoms with Crippen LogP contribution in [0.4, 0.5) is 0 Å². The Balaban J connectivity index is 3.29. The average molecular weight is 284 g/mol. The predicted octanol–water partition coefficient (Wildman–Crippen LogP) is 2.52. The molecule has 4 nitrogen and oxygen atoms in total.